The van der Waals surface area contributed by atoms with Crippen LogP contribution in [0.1, 0.15) is 18.1 Å². The third-order valence-electron chi connectivity index (χ3n) is 2.30. The zero-order valence-electron chi connectivity index (χ0n) is 10.0. The van der Waals surface area contributed by atoms with Gasteiger partial charge in [0, 0.05) is 10.9 Å². The predicted molar refractivity (Wildman–Crippen MR) is 77.0 cm³/mol. The fourth-order valence-electron chi connectivity index (χ4n) is 1.51. The first-order chi connectivity index (χ1) is 8.56. The van der Waals surface area contributed by atoms with Crippen LogP contribution in [0, 0.1) is 0 Å². The van der Waals surface area contributed by atoms with Crippen LogP contribution in [0.3, 0.4) is 0 Å². The number of benzene rings is 1. The molecule has 5 heteroatoms. The Kier molecular flexibility index (Phi) is 6.57. The predicted octanol–water partition coefficient (Wildman–Crippen LogP) is 3.06. The molecule has 0 radical (unpaired) electrons. The topological polar surface area (TPSA) is 43.4 Å². The SMILES string of the molecule is CCOC(=O)Cc1ccc(Br)c(CC(=O)CBr)c1. The molecule has 0 aliphatic rings. The second-order valence-corrected chi connectivity index (χ2v) is 5.17. The van der Waals surface area contributed by atoms with Gasteiger partial charge in [-0.2, -0.15) is 0 Å². The van der Waals surface area contributed by atoms with Crippen LogP contribution in [-0.4, -0.2) is 23.7 Å². The number of ketones is 1. The molecule has 0 atom stereocenters. The molecule has 1 rings (SSSR count). The van der Waals surface area contributed by atoms with Crippen molar-refractivity contribution in [2.45, 2.75) is 19.8 Å². The Morgan fingerprint density at radius 2 is 2.00 bits per heavy atom. The van der Waals surface area contributed by atoms with Crippen molar-refractivity contribution in [1.82, 2.24) is 0 Å². The number of carbonyl (C=O) groups excluding carboxylic acids is 2. The Morgan fingerprint density at radius 1 is 1.28 bits per heavy atom. The molecule has 0 amide bonds. The number of alkyl halides is 1. The minimum Gasteiger partial charge on any atom is -0.466 e. The summed E-state index contributed by atoms with van der Waals surface area (Å²) in [6, 6.07) is 5.57. The molecule has 0 aliphatic heterocycles. The summed E-state index contributed by atoms with van der Waals surface area (Å²) in [5.74, 6) is -0.151. The lowest BCUT2D eigenvalue weighted by Gasteiger charge is -2.07. The maximum Gasteiger partial charge on any atom is 0.310 e. The highest BCUT2D eigenvalue weighted by molar-refractivity contribution is 9.10. The smallest absolute Gasteiger partial charge is 0.310 e. The lowest BCUT2D eigenvalue weighted by atomic mass is 10.0. The highest BCUT2D eigenvalue weighted by Crippen LogP contribution is 2.20. The van der Waals surface area contributed by atoms with Gasteiger partial charge in [-0.1, -0.05) is 44.0 Å². The molecule has 98 valence electrons. The molecule has 1 aromatic carbocycles. The monoisotopic (exact) mass is 376 g/mol. The second-order valence-electron chi connectivity index (χ2n) is 3.76. The standard InChI is InChI=1S/C13H14Br2O3/c1-2-18-13(17)6-9-3-4-12(15)10(5-9)7-11(16)8-14/h3-5H,2,6-8H2,1H3. The van der Waals surface area contributed by atoms with Gasteiger partial charge in [-0.3, -0.25) is 9.59 Å². The summed E-state index contributed by atoms with van der Waals surface area (Å²) in [5.41, 5.74) is 1.75. The number of esters is 1. The van der Waals surface area contributed by atoms with Gasteiger partial charge in [-0.15, -0.1) is 0 Å². The molecule has 0 fully saturated rings. The van der Waals surface area contributed by atoms with Crippen LogP contribution in [0.5, 0.6) is 0 Å². The highest BCUT2D eigenvalue weighted by atomic mass is 79.9. The number of hydrogen-bond donors (Lipinski definition) is 0. The van der Waals surface area contributed by atoms with Gasteiger partial charge >= 0.3 is 5.97 Å². The van der Waals surface area contributed by atoms with Crippen LogP contribution in [0.25, 0.3) is 0 Å². The molecule has 0 spiro atoms. The summed E-state index contributed by atoms with van der Waals surface area (Å²) < 4.78 is 5.77. The van der Waals surface area contributed by atoms with Crippen molar-refractivity contribution in [3.63, 3.8) is 0 Å². The van der Waals surface area contributed by atoms with E-state index in [0.717, 1.165) is 15.6 Å². The van der Waals surface area contributed by atoms with Crippen molar-refractivity contribution in [2.75, 3.05) is 11.9 Å². The van der Waals surface area contributed by atoms with E-state index in [9.17, 15) is 9.59 Å². The molecule has 0 aromatic heterocycles. The normalized spacial score (nSPS) is 10.2. The Bertz CT molecular complexity index is 444. The van der Waals surface area contributed by atoms with E-state index in [1.54, 1.807) is 6.92 Å². The molecule has 0 unspecified atom stereocenters. The van der Waals surface area contributed by atoms with Gasteiger partial charge in [-0.25, -0.2) is 0 Å². The lowest BCUT2D eigenvalue weighted by Crippen LogP contribution is -2.09. The molecule has 0 heterocycles. The second kappa shape index (κ2) is 7.69. The maximum absolute atomic E-state index is 11.4. The number of carbonyl (C=O) groups is 2. The average Bonchev–Trinajstić information content (AvgIpc) is 2.33. The zero-order valence-corrected chi connectivity index (χ0v) is 13.2. The number of Topliss-reactive ketones (excluding diaryl/α,β-unsaturated/α-hetero) is 1. The summed E-state index contributed by atoms with van der Waals surface area (Å²) in [4.78, 5) is 22.8. The Labute approximate surface area is 123 Å². The third kappa shape index (κ3) is 4.90. The molecule has 3 nitrogen and oxygen atoms in total. The van der Waals surface area contributed by atoms with Crippen molar-refractivity contribution in [1.29, 1.82) is 0 Å². The summed E-state index contributed by atoms with van der Waals surface area (Å²) in [6.45, 7) is 2.16. The van der Waals surface area contributed by atoms with Gasteiger partial charge in [0.05, 0.1) is 18.4 Å². The summed E-state index contributed by atoms with van der Waals surface area (Å²) in [7, 11) is 0. The Balaban J connectivity index is 2.80. The summed E-state index contributed by atoms with van der Waals surface area (Å²) in [6.07, 6.45) is 0.582. The lowest BCUT2D eigenvalue weighted by molar-refractivity contribution is -0.142. The first-order valence-electron chi connectivity index (χ1n) is 5.57. The number of ether oxygens (including phenoxy) is 1. The number of hydrogen-bond acceptors (Lipinski definition) is 3. The quantitative estimate of drug-likeness (QED) is 0.565. The largest absolute Gasteiger partial charge is 0.466 e. The summed E-state index contributed by atoms with van der Waals surface area (Å²) in [5, 5.41) is 0.335. The van der Waals surface area contributed by atoms with Crippen LogP contribution >= 0.6 is 31.9 Å². The van der Waals surface area contributed by atoms with Gasteiger partial charge < -0.3 is 4.74 Å². The average molecular weight is 378 g/mol. The van der Waals surface area contributed by atoms with E-state index in [1.807, 2.05) is 18.2 Å². The van der Waals surface area contributed by atoms with Gasteiger partial charge in [0.15, 0.2) is 0 Å². The Hall–Kier alpha value is -0.680. The first kappa shape index (κ1) is 15.4. The molecule has 1 aromatic rings. The van der Waals surface area contributed by atoms with Gasteiger partial charge in [-0.05, 0) is 24.1 Å². The van der Waals surface area contributed by atoms with E-state index in [2.05, 4.69) is 31.9 Å². The number of halogens is 2. The van der Waals surface area contributed by atoms with E-state index in [4.69, 9.17) is 4.74 Å². The van der Waals surface area contributed by atoms with Gasteiger partial charge in [0.1, 0.15) is 5.78 Å². The van der Waals surface area contributed by atoms with Crippen molar-refractivity contribution < 1.29 is 14.3 Å². The molecule has 0 saturated carbocycles. The Morgan fingerprint density at radius 3 is 2.61 bits per heavy atom. The molecule has 0 saturated heterocycles. The van der Waals surface area contributed by atoms with Crippen molar-refractivity contribution in [3.8, 4) is 0 Å². The zero-order chi connectivity index (χ0) is 13.5. The first-order valence-corrected chi connectivity index (χ1v) is 7.48. The summed E-state index contributed by atoms with van der Waals surface area (Å²) >= 11 is 6.54. The van der Waals surface area contributed by atoms with E-state index in [1.165, 1.54) is 0 Å². The fraction of sp³-hybridized carbons (Fsp3) is 0.385. The van der Waals surface area contributed by atoms with Gasteiger partial charge in [0.25, 0.3) is 0 Å². The van der Waals surface area contributed by atoms with Crippen LogP contribution in [0.15, 0.2) is 22.7 Å². The van der Waals surface area contributed by atoms with E-state index >= 15 is 0 Å². The van der Waals surface area contributed by atoms with E-state index in [0.29, 0.717) is 18.4 Å². The molecule has 0 bridgehead atoms. The fourth-order valence-corrected chi connectivity index (χ4v) is 2.10. The van der Waals surface area contributed by atoms with Crippen molar-refractivity contribution in [2.24, 2.45) is 0 Å². The minimum absolute atomic E-state index is 0.101. The molecule has 0 N–H and O–H groups in total. The van der Waals surface area contributed by atoms with Gasteiger partial charge in [0.2, 0.25) is 0 Å². The van der Waals surface area contributed by atoms with Crippen LogP contribution in [-0.2, 0) is 27.2 Å². The van der Waals surface area contributed by atoms with Crippen LogP contribution < -0.4 is 0 Å². The highest BCUT2D eigenvalue weighted by Gasteiger charge is 2.09. The number of rotatable bonds is 6. The molecular weight excluding hydrogens is 364 g/mol. The van der Waals surface area contributed by atoms with Crippen molar-refractivity contribution in [3.05, 3.63) is 33.8 Å². The van der Waals surface area contributed by atoms with Crippen LogP contribution in [0.4, 0.5) is 0 Å². The van der Waals surface area contributed by atoms with E-state index in [-0.39, 0.29) is 18.2 Å². The third-order valence-corrected chi connectivity index (χ3v) is 3.70. The van der Waals surface area contributed by atoms with Crippen molar-refractivity contribution >= 4 is 43.6 Å². The minimum atomic E-state index is -0.252. The molecule has 18 heavy (non-hydrogen) atoms. The van der Waals surface area contributed by atoms with Crippen LogP contribution in [0.2, 0.25) is 0 Å². The molecular formula is C13H14Br2O3. The van der Waals surface area contributed by atoms with E-state index < -0.39 is 0 Å². The maximum atomic E-state index is 11.4. The molecule has 0 aliphatic carbocycles.